The molecule has 62 valence electrons. The number of nitrogens with one attached hydrogen (secondary N) is 2. The lowest BCUT2D eigenvalue weighted by Gasteiger charge is -2.32. The summed E-state index contributed by atoms with van der Waals surface area (Å²) in [6.45, 7) is 2.54. The van der Waals surface area contributed by atoms with Crippen LogP contribution in [0.3, 0.4) is 0 Å². The van der Waals surface area contributed by atoms with Gasteiger partial charge < -0.3 is 15.4 Å². The van der Waals surface area contributed by atoms with E-state index in [0.717, 1.165) is 32.5 Å². The van der Waals surface area contributed by atoms with E-state index in [9.17, 15) is 4.79 Å². The molecule has 0 bridgehead atoms. The zero-order valence-electron chi connectivity index (χ0n) is 6.35. The van der Waals surface area contributed by atoms with Gasteiger partial charge in [0.2, 0.25) is 0 Å². The Bertz CT molecular complexity index is 175. The van der Waals surface area contributed by atoms with Crippen LogP contribution in [0.5, 0.6) is 0 Å². The number of carbonyl (C=O) groups excluding carboxylic acids is 1. The first-order chi connectivity index (χ1) is 5.31. The van der Waals surface area contributed by atoms with E-state index in [4.69, 9.17) is 4.74 Å². The fraction of sp³-hybridized carbons (Fsp3) is 0.857. The third-order valence-corrected chi connectivity index (χ3v) is 2.36. The van der Waals surface area contributed by atoms with Gasteiger partial charge in [-0.2, -0.15) is 0 Å². The third kappa shape index (κ3) is 1.18. The molecule has 1 unspecified atom stereocenters. The third-order valence-electron chi connectivity index (χ3n) is 2.36. The molecule has 2 heterocycles. The molecule has 0 radical (unpaired) electrons. The molecule has 2 fully saturated rings. The van der Waals surface area contributed by atoms with Gasteiger partial charge in [0.25, 0.3) is 0 Å². The number of hydrogen-bond acceptors (Lipinski definition) is 3. The van der Waals surface area contributed by atoms with E-state index < -0.39 is 0 Å². The van der Waals surface area contributed by atoms with E-state index in [1.807, 2.05) is 0 Å². The van der Waals surface area contributed by atoms with Crippen molar-refractivity contribution in [3.8, 4) is 0 Å². The van der Waals surface area contributed by atoms with Crippen molar-refractivity contribution in [2.75, 3.05) is 19.6 Å². The summed E-state index contributed by atoms with van der Waals surface area (Å²) in [4.78, 5) is 10.9. The average molecular weight is 156 g/mol. The molecule has 4 heteroatoms. The van der Waals surface area contributed by atoms with Gasteiger partial charge >= 0.3 is 6.09 Å². The summed E-state index contributed by atoms with van der Waals surface area (Å²) in [7, 11) is 0. The molecule has 0 aromatic carbocycles. The summed E-state index contributed by atoms with van der Waals surface area (Å²) >= 11 is 0. The number of rotatable bonds is 0. The average Bonchev–Trinajstić information content (AvgIpc) is 2.37. The maximum atomic E-state index is 10.9. The van der Waals surface area contributed by atoms with Gasteiger partial charge in [-0.1, -0.05) is 0 Å². The molecule has 11 heavy (non-hydrogen) atoms. The standard InChI is InChI=1S/C7H12N2O2/c10-6-9-4-2-7(11-6)1-3-8-5-7/h8H,1-5H2,(H,9,10). The van der Waals surface area contributed by atoms with E-state index in [0.29, 0.717) is 0 Å². The summed E-state index contributed by atoms with van der Waals surface area (Å²) in [6.07, 6.45) is 1.63. The van der Waals surface area contributed by atoms with Gasteiger partial charge in [0.1, 0.15) is 5.60 Å². The van der Waals surface area contributed by atoms with Gasteiger partial charge in [0.15, 0.2) is 0 Å². The van der Waals surface area contributed by atoms with Gasteiger partial charge in [0.05, 0.1) is 0 Å². The number of alkyl carbamates (subject to hydrolysis) is 1. The second-order valence-corrected chi connectivity index (χ2v) is 3.18. The Labute approximate surface area is 65.3 Å². The fourth-order valence-electron chi connectivity index (χ4n) is 1.70. The summed E-state index contributed by atoms with van der Waals surface area (Å²) in [5, 5.41) is 5.84. The highest BCUT2D eigenvalue weighted by Gasteiger charge is 2.39. The molecule has 1 atom stereocenters. The number of carbonyl (C=O) groups is 1. The Hall–Kier alpha value is -0.770. The maximum absolute atomic E-state index is 10.9. The molecule has 2 rings (SSSR count). The maximum Gasteiger partial charge on any atom is 0.407 e. The van der Waals surface area contributed by atoms with Crippen molar-refractivity contribution in [1.82, 2.24) is 10.6 Å². The van der Waals surface area contributed by atoms with E-state index in [2.05, 4.69) is 10.6 Å². The Morgan fingerprint density at radius 1 is 1.36 bits per heavy atom. The van der Waals surface area contributed by atoms with Crippen molar-refractivity contribution < 1.29 is 9.53 Å². The van der Waals surface area contributed by atoms with Gasteiger partial charge in [-0.15, -0.1) is 0 Å². The summed E-state index contributed by atoms with van der Waals surface area (Å²) < 4.78 is 5.22. The van der Waals surface area contributed by atoms with E-state index in [-0.39, 0.29) is 11.7 Å². The first kappa shape index (κ1) is 6.91. The number of ether oxygens (including phenoxy) is 1. The van der Waals surface area contributed by atoms with E-state index in [1.165, 1.54) is 0 Å². The summed E-state index contributed by atoms with van der Waals surface area (Å²) in [5.74, 6) is 0. The lowest BCUT2D eigenvalue weighted by molar-refractivity contribution is 0.00206. The van der Waals surface area contributed by atoms with Crippen molar-refractivity contribution in [3.05, 3.63) is 0 Å². The number of hydrogen-bond donors (Lipinski definition) is 2. The Morgan fingerprint density at radius 2 is 2.18 bits per heavy atom. The van der Waals surface area contributed by atoms with Crippen LogP contribution in [-0.2, 0) is 4.74 Å². The molecular weight excluding hydrogens is 144 g/mol. The molecule has 1 amide bonds. The first-order valence-corrected chi connectivity index (χ1v) is 3.98. The van der Waals surface area contributed by atoms with Crippen LogP contribution < -0.4 is 10.6 Å². The number of amides is 1. The minimum atomic E-state index is -0.264. The smallest absolute Gasteiger partial charge is 0.407 e. The zero-order chi connectivity index (χ0) is 7.73. The molecule has 0 aromatic heterocycles. The zero-order valence-corrected chi connectivity index (χ0v) is 6.35. The van der Waals surface area contributed by atoms with Crippen LogP contribution in [0.15, 0.2) is 0 Å². The fourth-order valence-corrected chi connectivity index (χ4v) is 1.70. The van der Waals surface area contributed by atoms with Gasteiger partial charge in [-0.05, 0) is 6.54 Å². The van der Waals surface area contributed by atoms with Gasteiger partial charge in [0, 0.05) is 25.9 Å². The predicted molar refractivity (Wildman–Crippen MR) is 39.3 cm³/mol. The van der Waals surface area contributed by atoms with Crippen LogP contribution in [0.25, 0.3) is 0 Å². The minimum Gasteiger partial charge on any atom is -0.441 e. The molecule has 2 aliphatic heterocycles. The van der Waals surface area contributed by atoms with Crippen molar-refractivity contribution in [2.45, 2.75) is 18.4 Å². The van der Waals surface area contributed by atoms with Crippen LogP contribution in [0, 0.1) is 0 Å². The molecule has 4 nitrogen and oxygen atoms in total. The molecule has 0 aliphatic carbocycles. The minimum absolute atomic E-state index is 0.178. The quantitative estimate of drug-likeness (QED) is 0.512. The van der Waals surface area contributed by atoms with Crippen molar-refractivity contribution in [2.24, 2.45) is 0 Å². The molecule has 1 spiro atoms. The first-order valence-electron chi connectivity index (χ1n) is 3.98. The van der Waals surface area contributed by atoms with E-state index >= 15 is 0 Å². The Kier molecular flexibility index (Phi) is 1.49. The second kappa shape index (κ2) is 2.37. The topological polar surface area (TPSA) is 50.4 Å². The Morgan fingerprint density at radius 3 is 2.82 bits per heavy atom. The highest BCUT2D eigenvalue weighted by molar-refractivity contribution is 5.68. The largest absolute Gasteiger partial charge is 0.441 e. The molecule has 2 saturated heterocycles. The lowest BCUT2D eigenvalue weighted by atomic mass is 9.98. The molecule has 0 saturated carbocycles. The monoisotopic (exact) mass is 156 g/mol. The second-order valence-electron chi connectivity index (χ2n) is 3.18. The van der Waals surface area contributed by atoms with Crippen LogP contribution in [0.4, 0.5) is 4.79 Å². The van der Waals surface area contributed by atoms with Gasteiger partial charge in [-0.3, -0.25) is 0 Å². The van der Waals surface area contributed by atoms with Crippen LogP contribution in [0.1, 0.15) is 12.8 Å². The molecule has 2 aliphatic rings. The predicted octanol–water partition coefficient (Wildman–Crippen LogP) is -0.152. The van der Waals surface area contributed by atoms with E-state index in [1.54, 1.807) is 0 Å². The van der Waals surface area contributed by atoms with Crippen LogP contribution in [-0.4, -0.2) is 31.3 Å². The van der Waals surface area contributed by atoms with Crippen LogP contribution >= 0.6 is 0 Å². The van der Waals surface area contributed by atoms with Crippen molar-refractivity contribution in [1.29, 1.82) is 0 Å². The highest BCUT2D eigenvalue weighted by atomic mass is 16.6. The summed E-state index contributed by atoms with van der Waals surface area (Å²) in [5.41, 5.74) is -0.178. The normalized spacial score (nSPS) is 36.9. The lowest BCUT2D eigenvalue weighted by Crippen LogP contribution is -2.48. The summed E-state index contributed by atoms with van der Waals surface area (Å²) in [6, 6.07) is 0. The van der Waals surface area contributed by atoms with Crippen molar-refractivity contribution in [3.63, 3.8) is 0 Å². The molecule has 0 aromatic rings. The molecular formula is C7H12N2O2. The highest BCUT2D eigenvalue weighted by Crippen LogP contribution is 2.25. The Balaban J connectivity index is 2.05. The van der Waals surface area contributed by atoms with Gasteiger partial charge in [-0.25, -0.2) is 4.79 Å². The molecule has 2 N–H and O–H groups in total. The SMILES string of the molecule is O=C1NCCC2(CCNC2)O1. The van der Waals surface area contributed by atoms with Crippen molar-refractivity contribution >= 4 is 6.09 Å². The van der Waals surface area contributed by atoms with Crippen LogP contribution in [0.2, 0.25) is 0 Å².